The van der Waals surface area contributed by atoms with Crippen molar-refractivity contribution in [3.8, 4) is 0 Å². The van der Waals surface area contributed by atoms with Gasteiger partial charge in [-0.2, -0.15) is 0 Å². The molecule has 5 heteroatoms. The van der Waals surface area contributed by atoms with E-state index in [1.54, 1.807) is 12.4 Å². The molecule has 0 aliphatic carbocycles. The lowest BCUT2D eigenvalue weighted by molar-refractivity contribution is 0.268. The van der Waals surface area contributed by atoms with Crippen LogP contribution in [0.25, 0.3) is 10.9 Å². The minimum Gasteiger partial charge on any atom is -0.346 e. The number of hydrogen-bond donors (Lipinski definition) is 0. The quantitative estimate of drug-likeness (QED) is 0.725. The summed E-state index contributed by atoms with van der Waals surface area (Å²) >= 11 is 0. The normalized spacial score (nSPS) is 18.9. The molecule has 1 aliphatic rings. The number of rotatable bonds is 2. The smallest absolute Gasteiger partial charge is 0.140 e. The molecule has 1 saturated heterocycles. The van der Waals surface area contributed by atoms with Crippen molar-refractivity contribution in [2.45, 2.75) is 6.04 Å². The molecule has 0 amide bonds. The Hall–Kier alpha value is -2.53. The molecule has 2 heterocycles. The zero-order chi connectivity index (χ0) is 16.5. The van der Waals surface area contributed by atoms with Crippen LogP contribution in [-0.2, 0) is 0 Å². The fraction of sp³-hybridized carbons (Fsp3) is 0.263. The second-order valence-electron chi connectivity index (χ2n) is 6.24. The Bertz CT molecular complexity index is 852. The van der Waals surface area contributed by atoms with Gasteiger partial charge >= 0.3 is 0 Å². The molecule has 24 heavy (non-hydrogen) atoms. The molecule has 0 N–H and O–H groups in total. The SMILES string of the molecule is CN1CCN(c2ncnc3ccc(F)cc23)C(c2ccccc2)C1. The Kier molecular flexibility index (Phi) is 3.86. The maximum Gasteiger partial charge on any atom is 0.140 e. The summed E-state index contributed by atoms with van der Waals surface area (Å²) in [6.07, 6.45) is 1.57. The molecule has 2 aromatic carbocycles. The van der Waals surface area contributed by atoms with Crippen LogP contribution in [0.2, 0.25) is 0 Å². The molecule has 1 fully saturated rings. The van der Waals surface area contributed by atoms with E-state index in [0.29, 0.717) is 0 Å². The van der Waals surface area contributed by atoms with Gasteiger partial charge in [-0.3, -0.25) is 0 Å². The summed E-state index contributed by atoms with van der Waals surface area (Å²) in [6.45, 7) is 2.70. The highest BCUT2D eigenvalue weighted by Crippen LogP contribution is 2.33. The van der Waals surface area contributed by atoms with E-state index in [9.17, 15) is 4.39 Å². The summed E-state index contributed by atoms with van der Waals surface area (Å²) < 4.78 is 13.8. The fourth-order valence-corrected chi connectivity index (χ4v) is 3.38. The van der Waals surface area contributed by atoms with Crippen LogP contribution in [0.5, 0.6) is 0 Å². The molecular weight excluding hydrogens is 303 g/mol. The van der Waals surface area contributed by atoms with Crippen LogP contribution in [0.4, 0.5) is 10.2 Å². The maximum atomic E-state index is 13.8. The van der Waals surface area contributed by atoms with E-state index in [1.165, 1.54) is 17.7 Å². The number of aromatic nitrogens is 2. The van der Waals surface area contributed by atoms with Gasteiger partial charge in [0.15, 0.2) is 0 Å². The molecule has 1 atom stereocenters. The average Bonchev–Trinajstić information content (AvgIpc) is 2.62. The molecule has 1 unspecified atom stereocenters. The summed E-state index contributed by atoms with van der Waals surface area (Å²) in [5.74, 6) is 0.547. The summed E-state index contributed by atoms with van der Waals surface area (Å²) in [7, 11) is 2.13. The Morgan fingerprint density at radius 2 is 1.88 bits per heavy atom. The number of anilines is 1. The standard InChI is InChI=1S/C19H19FN4/c1-23-9-10-24(18(12-23)14-5-3-2-4-6-14)19-16-11-15(20)7-8-17(16)21-13-22-19/h2-8,11,13,18H,9-10,12H2,1H3. The monoisotopic (exact) mass is 322 g/mol. The van der Waals surface area contributed by atoms with Gasteiger partial charge in [0.2, 0.25) is 0 Å². The van der Waals surface area contributed by atoms with Crippen LogP contribution in [0.1, 0.15) is 11.6 Å². The average molecular weight is 322 g/mol. The molecular formula is C19H19FN4. The fourth-order valence-electron chi connectivity index (χ4n) is 3.38. The first-order valence-electron chi connectivity index (χ1n) is 8.13. The van der Waals surface area contributed by atoms with Gasteiger partial charge in [0.25, 0.3) is 0 Å². The molecule has 1 aromatic heterocycles. The van der Waals surface area contributed by atoms with Crippen molar-refractivity contribution in [1.29, 1.82) is 0 Å². The first kappa shape index (κ1) is 15.0. The minimum atomic E-state index is -0.260. The molecule has 0 spiro atoms. The highest BCUT2D eigenvalue weighted by molar-refractivity contribution is 5.89. The number of nitrogens with zero attached hydrogens (tertiary/aromatic N) is 4. The van der Waals surface area contributed by atoms with Crippen LogP contribution >= 0.6 is 0 Å². The second-order valence-corrected chi connectivity index (χ2v) is 6.24. The summed E-state index contributed by atoms with van der Waals surface area (Å²) in [4.78, 5) is 13.4. The number of halogens is 1. The molecule has 4 nitrogen and oxygen atoms in total. The third kappa shape index (κ3) is 2.71. The van der Waals surface area contributed by atoms with Crippen LogP contribution in [-0.4, -0.2) is 41.5 Å². The molecule has 4 rings (SSSR count). The van der Waals surface area contributed by atoms with Crippen molar-refractivity contribution >= 4 is 16.7 Å². The lowest BCUT2D eigenvalue weighted by atomic mass is 10.0. The largest absolute Gasteiger partial charge is 0.346 e. The Labute approximate surface area is 140 Å². The van der Waals surface area contributed by atoms with Crippen molar-refractivity contribution in [2.24, 2.45) is 0 Å². The van der Waals surface area contributed by atoms with E-state index >= 15 is 0 Å². The molecule has 0 radical (unpaired) electrons. The van der Waals surface area contributed by atoms with Gasteiger partial charge in [-0.1, -0.05) is 30.3 Å². The zero-order valence-electron chi connectivity index (χ0n) is 13.6. The van der Waals surface area contributed by atoms with E-state index in [1.807, 2.05) is 6.07 Å². The van der Waals surface area contributed by atoms with E-state index in [4.69, 9.17) is 0 Å². The number of fused-ring (bicyclic) bond motifs is 1. The third-order valence-electron chi connectivity index (χ3n) is 4.62. The van der Waals surface area contributed by atoms with Crippen LogP contribution in [0.3, 0.4) is 0 Å². The first-order chi connectivity index (χ1) is 11.7. The predicted octanol–water partition coefficient (Wildman–Crippen LogP) is 3.26. The van der Waals surface area contributed by atoms with E-state index in [0.717, 1.165) is 36.4 Å². The summed E-state index contributed by atoms with van der Waals surface area (Å²) in [5, 5.41) is 0.767. The molecule has 1 aliphatic heterocycles. The molecule has 3 aromatic rings. The van der Waals surface area contributed by atoms with E-state index < -0.39 is 0 Å². The van der Waals surface area contributed by atoms with Gasteiger partial charge in [0.05, 0.1) is 11.6 Å². The van der Waals surface area contributed by atoms with Crippen molar-refractivity contribution in [3.05, 3.63) is 66.2 Å². The second kappa shape index (κ2) is 6.17. The number of benzene rings is 2. The molecule has 0 bridgehead atoms. The van der Waals surface area contributed by atoms with E-state index in [2.05, 4.69) is 51.1 Å². The maximum absolute atomic E-state index is 13.8. The Morgan fingerprint density at radius 1 is 1.04 bits per heavy atom. The lowest BCUT2D eigenvalue weighted by Gasteiger charge is -2.41. The molecule has 122 valence electrons. The van der Waals surface area contributed by atoms with Gasteiger partial charge in [-0.05, 0) is 30.8 Å². The van der Waals surface area contributed by atoms with Crippen molar-refractivity contribution in [1.82, 2.24) is 14.9 Å². The third-order valence-corrected chi connectivity index (χ3v) is 4.62. The zero-order valence-corrected chi connectivity index (χ0v) is 13.6. The van der Waals surface area contributed by atoms with Crippen molar-refractivity contribution < 1.29 is 4.39 Å². The van der Waals surface area contributed by atoms with Gasteiger partial charge in [-0.25, -0.2) is 14.4 Å². The summed E-state index contributed by atoms with van der Waals surface area (Å²) in [6, 6.07) is 15.3. The number of piperazine rings is 1. The van der Waals surface area contributed by atoms with Crippen LogP contribution in [0, 0.1) is 5.82 Å². The predicted molar refractivity (Wildman–Crippen MR) is 93.5 cm³/mol. The van der Waals surface area contributed by atoms with E-state index in [-0.39, 0.29) is 11.9 Å². The van der Waals surface area contributed by atoms with Crippen LogP contribution < -0.4 is 4.90 Å². The minimum absolute atomic E-state index is 0.186. The van der Waals surface area contributed by atoms with Gasteiger partial charge in [0, 0.05) is 25.0 Å². The highest BCUT2D eigenvalue weighted by atomic mass is 19.1. The van der Waals surface area contributed by atoms with Crippen molar-refractivity contribution in [3.63, 3.8) is 0 Å². The van der Waals surface area contributed by atoms with Crippen LogP contribution in [0.15, 0.2) is 54.9 Å². The van der Waals surface area contributed by atoms with Crippen molar-refractivity contribution in [2.75, 3.05) is 31.6 Å². The van der Waals surface area contributed by atoms with Gasteiger partial charge in [-0.15, -0.1) is 0 Å². The van der Waals surface area contributed by atoms with Gasteiger partial charge in [0.1, 0.15) is 18.0 Å². The topological polar surface area (TPSA) is 32.3 Å². The lowest BCUT2D eigenvalue weighted by Crippen LogP contribution is -2.47. The highest BCUT2D eigenvalue weighted by Gasteiger charge is 2.28. The Morgan fingerprint density at radius 3 is 2.71 bits per heavy atom. The van der Waals surface area contributed by atoms with Gasteiger partial charge < -0.3 is 9.80 Å². The first-order valence-corrected chi connectivity index (χ1v) is 8.13. The molecule has 0 saturated carbocycles. The number of likely N-dealkylation sites (N-methyl/N-ethyl adjacent to an activating group) is 1. The Balaban J connectivity index is 1.83. The number of hydrogen-bond acceptors (Lipinski definition) is 4. The summed E-state index contributed by atoms with van der Waals surface area (Å²) in [5.41, 5.74) is 2.01.